The van der Waals surface area contributed by atoms with Crippen LogP contribution in [0.3, 0.4) is 0 Å². The summed E-state index contributed by atoms with van der Waals surface area (Å²) in [5.74, 6) is 1.84. The quantitative estimate of drug-likeness (QED) is 0.371. The molecule has 1 aromatic rings. The summed E-state index contributed by atoms with van der Waals surface area (Å²) in [5, 5.41) is 3.52. The van der Waals surface area contributed by atoms with E-state index in [1.54, 1.807) is 0 Å². The number of likely N-dealkylation sites (N-methyl/N-ethyl adjacent to an activating group) is 1. The molecule has 0 aromatic heterocycles. The predicted octanol–water partition coefficient (Wildman–Crippen LogP) is 2.77. The number of rotatable bonds is 6. The van der Waals surface area contributed by atoms with Crippen LogP contribution in [0.1, 0.15) is 25.3 Å². The second-order valence-corrected chi connectivity index (χ2v) is 8.02. The number of likely N-dealkylation sites (tertiary alicyclic amines) is 1. The number of aliphatic imine (C=N–C) groups is 1. The molecule has 3 rings (SSSR count). The number of benzene rings is 1. The van der Waals surface area contributed by atoms with E-state index in [4.69, 9.17) is 4.99 Å². The topological polar surface area (TPSA) is 34.1 Å². The highest BCUT2D eigenvalue weighted by Gasteiger charge is 2.25. The van der Waals surface area contributed by atoms with Gasteiger partial charge in [0.2, 0.25) is 0 Å². The first-order chi connectivity index (χ1) is 13.2. The van der Waals surface area contributed by atoms with Gasteiger partial charge in [0, 0.05) is 39.3 Å². The van der Waals surface area contributed by atoms with Crippen molar-refractivity contribution in [3.05, 3.63) is 35.9 Å². The third-order valence-corrected chi connectivity index (χ3v) is 5.78. The largest absolute Gasteiger partial charge is 0.357 e. The first-order valence-corrected chi connectivity index (χ1v) is 10.7. The van der Waals surface area contributed by atoms with Crippen LogP contribution in [0.2, 0.25) is 0 Å². The Balaban J connectivity index is 0.00000280. The van der Waals surface area contributed by atoms with Crippen LogP contribution in [0.4, 0.5) is 0 Å². The minimum absolute atomic E-state index is 0. The van der Waals surface area contributed by atoms with E-state index in [9.17, 15) is 0 Å². The summed E-state index contributed by atoms with van der Waals surface area (Å²) in [6.07, 6.45) is 3.71. The Morgan fingerprint density at radius 1 is 1.11 bits per heavy atom. The van der Waals surface area contributed by atoms with Crippen LogP contribution in [-0.4, -0.2) is 86.6 Å². The van der Waals surface area contributed by atoms with E-state index in [0.717, 1.165) is 44.6 Å². The molecule has 0 spiro atoms. The third-order valence-electron chi connectivity index (χ3n) is 5.78. The van der Waals surface area contributed by atoms with E-state index in [1.807, 2.05) is 0 Å². The molecule has 0 saturated carbocycles. The number of nitrogens with one attached hydrogen (secondary N) is 1. The van der Waals surface area contributed by atoms with E-state index in [0.29, 0.717) is 0 Å². The monoisotopic (exact) mass is 499 g/mol. The molecule has 1 N–H and O–H groups in total. The third kappa shape index (κ3) is 7.52. The van der Waals surface area contributed by atoms with Gasteiger partial charge in [-0.05, 0) is 57.8 Å². The first kappa shape index (κ1) is 23.4. The summed E-state index contributed by atoms with van der Waals surface area (Å²) in [5.41, 5.74) is 1.46. The Morgan fingerprint density at radius 3 is 2.71 bits per heavy atom. The first-order valence-electron chi connectivity index (χ1n) is 10.7. The van der Waals surface area contributed by atoms with Gasteiger partial charge in [0.15, 0.2) is 5.96 Å². The maximum Gasteiger partial charge on any atom is 0.193 e. The molecule has 158 valence electrons. The van der Waals surface area contributed by atoms with Crippen LogP contribution in [0.15, 0.2) is 35.3 Å². The molecule has 0 aliphatic carbocycles. The van der Waals surface area contributed by atoms with Crippen molar-refractivity contribution in [3.8, 4) is 0 Å². The highest BCUT2D eigenvalue weighted by Crippen LogP contribution is 2.20. The highest BCUT2D eigenvalue weighted by atomic mass is 127. The summed E-state index contributed by atoms with van der Waals surface area (Å²) in [4.78, 5) is 12.4. The molecule has 28 heavy (non-hydrogen) atoms. The fraction of sp³-hybridized carbons (Fsp3) is 0.682. The molecule has 2 heterocycles. The molecule has 5 nitrogen and oxygen atoms in total. The van der Waals surface area contributed by atoms with Crippen LogP contribution in [0.25, 0.3) is 0 Å². The van der Waals surface area contributed by atoms with Gasteiger partial charge in [-0.3, -0.25) is 4.99 Å². The SMILES string of the molecule is CCNC(=NCCN1CCCN(C)CC1)N1CCC(Cc2ccccc2)C1.I. The van der Waals surface area contributed by atoms with E-state index in [-0.39, 0.29) is 24.0 Å². The fourth-order valence-electron chi connectivity index (χ4n) is 4.19. The van der Waals surface area contributed by atoms with Crippen molar-refractivity contribution in [1.29, 1.82) is 0 Å². The van der Waals surface area contributed by atoms with Gasteiger partial charge in [-0.25, -0.2) is 0 Å². The minimum Gasteiger partial charge on any atom is -0.357 e. The van der Waals surface area contributed by atoms with Crippen molar-refractivity contribution >= 4 is 29.9 Å². The van der Waals surface area contributed by atoms with E-state index >= 15 is 0 Å². The number of nitrogens with zero attached hydrogens (tertiary/aromatic N) is 4. The smallest absolute Gasteiger partial charge is 0.193 e. The molecule has 2 saturated heterocycles. The maximum atomic E-state index is 4.96. The van der Waals surface area contributed by atoms with Crippen LogP contribution in [0, 0.1) is 5.92 Å². The second-order valence-electron chi connectivity index (χ2n) is 8.02. The number of halogens is 1. The molecule has 0 radical (unpaired) electrons. The molecule has 1 unspecified atom stereocenters. The highest BCUT2D eigenvalue weighted by molar-refractivity contribution is 14.0. The average Bonchev–Trinajstić information content (AvgIpc) is 3.04. The zero-order valence-electron chi connectivity index (χ0n) is 17.6. The fourth-order valence-corrected chi connectivity index (χ4v) is 4.19. The predicted molar refractivity (Wildman–Crippen MR) is 130 cm³/mol. The van der Waals surface area contributed by atoms with Crippen molar-refractivity contribution in [2.24, 2.45) is 10.9 Å². The molecule has 0 amide bonds. The van der Waals surface area contributed by atoms with Crippen LogP contribution < -0.4 is 5.32 Å². The van der Waals surface area contributed by atoms with E-state index in [2.05, 4.69) is 64.3 Å². The van der Waals surface area contributed by atoms with Crippen LogP contribution >= 0.6 is 24.0 Å². The molecule has 1 atom stereocenters. The van der Waals surface area contributed by atoms with Crippen LogP contribution in [-0.2, 0) is 6.42 Å². The molecule has 6 heteroatoms. The number of hydrogen-bond donors (Lipinski definition) is 1. The molecular formula is C22H38IN5. The Kier molecular flexibility index (Phi) is 10.6. The molecule has 1 aromatic carbocycles. The summed E-state index contributed by atoms with van der Waals surface area (Å²) >= 11 is 0. The summed E-state index contributed by atoms with van der Waals surface area (Å²) in [6.45, 7) is 12.1. The summed E-state index contributed by atoms with van der Waals surface area (Å²) in [6, 6.07) is 10.9. The lowest BCUT2D eigenvalue weighted by atomic mass is 9.99. The Hall–Kier alpha value is -0.860. The van der Waals surface area contributed by atoms with Gasteiger partial charge in [0.1, 0.15) is 0 Å². The molecule has 0 bridgehead atoms. The van der Waals surface area contributed by atoms with Crippen molar-refractivity contribution < 1.29 is 0 Å². The normalized spacial score (nSPS) is 22.0. The zero-order chi connectivity index (χ0) is 18.9. The van der Waals surface area contributed by atoms with Crippen molar-refractivity contribution in [1.82, 2.24) is 20.0 Å². The Bertz CT molecular complexity index is 580. The van der Waals surface area contributed by atoms with Gasteiger partial charge in [-0.15, -0.1) is 24.0 Å². The molecular weight excluding hydrogens is 461 g/mol. The lowest BCUT2D eigenvalue weighted by Crippen LogP contribution is -2.41. The zero-order valence-corrected chi connectivity index (χ0v) is 20.0. The van der Waals surface area contributed by atoms with Gasteiger partial charge in [-0.2, -0.15) is 0 Å². The van der Waals surface area contributed by atoms with Gasteiger partial charge in [0.05, 0.1) is 6.54 Å². The summed E-state index contributed by atoms with van der Waals surface area (Å²) < 4.78 is 0. The second kappa shape index (κ2) is 12.6. The van der Waals surface area contributed by atoms with Crippen molar-refractivity contribution in [2.45, 2.75) is 26.2 Å². The van der Waals surface area contributed by atoms with E-state index in [1.165, 1.54) is 51.0 Å². The van der Waals surface area contributed by atoms with Crippen LogP contribution in [0.5, 0.6) is 0 Å². The minimum atomic E-state index is 0. The van der Waals surface area contributed by atoms with Gasteiger partial charge < -0.3 is 20.0 Å². The van der Waals surface area contributed by atoms with Gasteiger partial charge >= 0.3 is 0 Å². The molecule has 2 aliphatic rings. The Labute approximate surface area is 188 Å². The van der Waals surface area contributed by atoms with E-state index < -0.39 is 0 Å². The van der Waals surface area contributed by atoms with Crippen molar-refractivity contribution in [3.63, 3.8) is 0 Å². The maximum absolute atomic E-state index is 4.96. The lowest BCUT2D eigenvalue weighted by molar-refractivity contribution is 0.282. The lowest BCUT2D eigenvalue weighted by Gasteiger charge is -2.23. The number of guanidine groups is 1. The molecule has 2 fully saturated rings. The van der Waals surface area contributed by atoms with Crippen molar-refractivity contribution in [2.75, 3.05) is 66.0 Å². The van der Waals surface area contributed by atoms with Gasteiger partial charge in [-0.1, -0.05) is 30.3 Å². The summed E-state index contributed by atoms with van der Waals surface area (Å²) in [7, 11) is 2.23. The molecule has 2 aliphatic heterocycles. The standard InChI is InChI=1S/C22H37N5.HI/c1-3-23-22(24-11-15-26-13-7-12-25(2)16-17-26)27-14-10-21(19-27)18-20-8-5-4-6-9-20;/h4-6,8-9,21H,3,7,10-19H2,1-2H3,(H,23,24);1H. The Morgan fingerprint density at radius 2 is 1.93 bits per heavy atom. The number of hydrogen-bond acceptors (Lipinski definition) is 3. The average molecular weight is 499 g/mol. The van der Waals surface area contributed by atoms with Gasteiger partial charge in [0.25, 0.3) is 0 Å².